The van der Waals surface area contributed by atoms with Gasteiger partial charge in [-0.3, -0.25) is 9.52 Å². The van der Waals surface area contributed by atoms with E-state index < -0.39 is 15.8 Å². The number of aryl methyl sites for hydroxylation is 1. The summed E-state index contributed by atoms with van der Waals surface area (Å²) in [6, 6.07) is 18.8. The number of para-hydroxylation sites is 1. The molecule has 3 rings (SSSR count). The minimum atomic E-state index is -3.97. The van der Waals surface area contributed by atoms with Crippen molar-refractivity contribution in [3.63, 3.8) is 0 Å². The first-order chi connectivity index (χ1) is 15.3. The minimum absolute atomic E-state index is 0.0643. The Kier molecular flexibility index (Phi) is 7.83. The van der Waals surface area contributed by atoms with E-state index in [-0.39, 0.29) is 16.5 Å². The standard InChI is InChI=1S/C24H25FN2O4S/c1-18-8-12-20(13-9-18)31-17-5-4-16-26-24(28)19-10-14-21(15-11-19)32(29,30)27-23-7-3-2-6-22(23)25/h2-3,6-15,27H,4-5,16-17H2,1H3,(H,26,28). The molecule has 0 aliphatic carbocycles. The number of unbranched alkanes of at least 4 members (excludes halogenated alkanes) is 1. The third-order valence-corrected chi connectivity index (χ3v) is 6.07. The SMILES string of the molecule is Cc1ccc(OCCCCNC(=O)c2ccc(S(=O)(=O)Nc3ccccc3F)cc2)cc1. The highest BCUT2D eigenvalue weighted by Gasteiger charge is 2.16. The van der Waals surface area contributed by atoms with Gasteiger partial charge in [0.2, 0.25) is 0 Å². The highest BCUT2D eigenvalue weighted by molar-refractivity contribution is 7.92. The fourth-order valence-electron chi connectivity index (χ4n) is 2.89. The summed E-state index contributed by atoms with van der Waals surface area (Å²) in [5, 5.41) is 2.80. The summed E-state index contributed by atoms with van der Waals surface area (Å²) in [5.74, 6) is -0.147. The number of rotatable bonds is 10. The lowest BCUT2D eigenvalue weighted by atomic mass is 10.2. The van der Waals surface area contributed by atoms with Crippen LogP contribution in [-0.4, -0.2) is 27.5 Å². The third kappa shape index (κ3) is 6.55. The maximum Gasteiger partial charge on any atom is 0.261 e. The zero-order valence-corrected chi connectivity index (χ0v) is 18.5. The molecule has 0 atom stereocenters. The van der Waals surface area contributed by atoms with Crippen LogP contribution in [0, 0.1) is 12.7 Å². The predicted molar refractivity (Wildman–Crippen MR) is 122 cm³/mol. The molecule has 0 aliphatic heterocycles. The number of nitrogens with one attached hydrogen (secondary N) is 2. The average molecular weight is 457 g/mol. The molecule has 0 aromatic heterocycles. The summed E-state index contributed by atoms with van der Waals surface area (Å²) in [4.78, 5) is 12.2. The Balaban J connectivity index is 1.44. The van der Waals surface area contributed by atoms with Crippen molar-refractivity contribution in [3.8, 4) is 5.75 Å². The molecule has 8 heteroatoms. The lowest BCUT2D eigenvalue weighted by molar-refractivity contribution is 0.0952. The normalized spacial score (nSPS) is 11.1. The van der Waals surface area contributed by atoms with Gasteiger partial charge in [-0.05, 0) is 68.3 Å². The molecule has 168 valence electrons. The van der Waals surface area contributed by atoms with Crippen molar-refractivity contribution >= 4 is 21.6 Å². The molecular weight excluding hydrogens is 431 g/mol. The fourth-order valence-corrected chi connectivity index (χ4v) is 3.96. The second-order valence-corrected chi connectivity index (χ2v) is 8.92. The van der Waals surface area contributed by atoms with E-state index in [1.54, 1.807) is 0 Å². The van der Waals surface area contributed by atoms with Crippen molar-refractivity contribution in [1.29, 1.82) is 0 Å². The molecule has 32 heavy (non-hydrogen) atoms. The van der Waals surface area contributed by atoms with Crippen molar-refractivity contribution < 1.29 is 22.3 Å². The van der Waals surface area contributed by atoms with E-state index in [9.17, 15) is 17.6 Å². The van der Waals surface area contributed by atoms with Crippen LogP contribution in [0.5, 0.6) is 5.75 Å². The lowest BCUT2D eigenvalue weighted by Crippen LogP contribution is -2.24. The molecule has 0 fully saturated rings. The van der Waals surface area contributed by atoms with Crippen molar-refractivity contribution in [2.24, 2.45) is 0 Å². The number of carbonyl (C=O) groups is 1. The van der Waals surface area contributed by atoms with Gasteiger partial charge in [0.15, 0.2) is 0 Å². The van der Waals surface area contributed by atoms with Crippen LogP contribution in [0.2, 0.25) is 0 Å². The average Bonchev–Trinajstić information content (AvgIpc) is 2.79. The molecule has 1 amide bonds. The highest BCUT2D eigenvalue weighted by Crippen LogP contribution is 2.19. The van der Waals surface area contributed by atoms with Crippen LogP contribution in [0.3, 0.4) is 0 Å². The number of anilines is 1. The molecule has 0 unspecified atom stereocenters. The molecule has 6 nitrogen and oxygen atoms in total. The maximum absolute atomic E-state index is 13.7. The van der Waals surface area contributed by atoms with Gasteiger partial charge >= 0.3 is 0 Å². The van der Waals surface area contributed by atoms with Crippen LogP contribution in [0.25, 0.3) is 0 Å². The number of amides is 1. The zero-order chi connectivity index (χ0) is 23.0. The second kappa shape index (κ2) is 10.8. The molecule has 0 radical (unpaired) electrons. The van der Waals surface area contributed by atoms with Crippen LogP contribution >= 0.6 is 0 Å². The molecule has 0 aliphatic rings. The fraction of sp³-hybridized carbons (Fsp3) is 0.208. The molecule has 0 heterocycles. The van der Waals surface area contributed by atoms with Crippen molar-refractivity contribution in [2.45, 2.75) is 24.7 Å². The molecular formula is C24H25FN2O4S. The zero-order valence-electron chi connectivity index (χ0n) is 17.7. The van der Waals surface area contributed by atoms with Crippen molar-refractivity contribution in [2.75, 3.05) is 17.9 Å². The Morgan fingerprint density at radius 2 is 1.62 bits per heavy atom. The van der Waals surface area contributed by atoms with Gasteiger partial charge in [0.1, 0.15) is 11.6 Å². The Hall–Kier alpha value is -3.39. The van der Waals surface area contributed by atoms with E-state index in [2.05, 4.69) is 10.0 Å². The van der Waals surface area contributed by atoms with Gasteiger partial charge < -0.3 is 10.1 Å². The van der Waals surface area contributed by atoms with Gasteiger partial charge in [-0.1, -0.05) is 29.8 Å². The third-order valence-electron chi connectivity index (χ3n) is 4.69. The molecule has 2 N–H and O–H groups in total. The quantitative estimate of drug-likeness (QED) is 0.439. The number of hydrogen-bond donors (Lipinski definition) is 2. The van der Waals surface area contributed by atoms with Crippen LogP contribution in [0.1, 0.15) is 28.8 Å². The van der Waals surface area contributed by atoms with Crippen molar-refractivity contribution in [3.05, 3.63) is 89.7 Å². The summed E-state index contributed by atoms with van der Waals surface area (Å²) >= 11 is 0. The number of sulfonamides is 1. The van der Waals surface area contributed by atoms with Crippen molar-refractivity contribution in [1.82, 2.24) is 5.32 Å². The van der Waals surface area contributed by atoms with E-state index in [4.69, 9.17) is 4.74 Å². The number of hydrogen-bond acceptors (Lipinski definition) is 4. The molecule has 0 bridgehead atoms. The lowest BCUT2D eigenvalue weighted by Gasteiger charge is -2.10. The van der Waals surface area contributed by atoms with E-state index in [1.165, 1.54) is 54.1 Å². The number of benzene rings is 3. The van der Waals surface area contributed by atoms with Crippen LogP contribution in [-0.2, 0) is 10.0 Å². The first-order valence-electron chi connectivity index (χ1n) is 10.2. The molecule has 0 spiro atoms. The summed E-state index contributed by atoms with van der Waals surface area (Å²) in [7, 11) is -3.97. The maximum atomic E-state index is 13.7. The second-order valence-electron chi connectivity index (χ2n) is 7.23. The summed E-state index contributed by atoms with van der Waals surface area (Å²) in [6.45, 7) is 3.05. The van der Waals surface area contributed by atoms with E-state index in [1.807, 2.05) is 31.2 Å². The van der Waals surface area contributed by atoms with Crippen LogP contribution in [0.15, 0.2) is 77.7 Å². The largest absolute Gasteiger partial charge is 0.494 e. The Bertz CT molecular complexity index is 1150. The van der Waals surface area contributed by atoms with E-state index in [0.717, 1.165) is 18.6 Å². The molecule has 0 saturated carbocycles. The van der Waals surface area contributed by atoms with Gasteiger partial charge in [-0.2, -0.15) is 0 Å². The van der Waals surface area contributed by atoms with E-state index >= 15 is 0 Å². The van der Waals surface area contributed by atoms with Gasteiger partial charge in [0.05, 0.1) is 17.2 Å². The van der Waals surface area contributed by atoms with E-state index in [0.29, 0.717) is 18.7 Å². The summed E-state index contributed by atoms with van der Waals surface area (Å²) < 4.78 is 46.4. The van der Waals surface area contributed by atoms with Gasteiger partial charge in [0, 0.05) is 12.1 Å². The smallest absolute Gasteiger partial charge is 0.261 e. The number of ether oxygens (including phenoxy) is 1. The Labute approximate surface area is 187 Å². The predicted octanol–water partition coefficient (Wildman–Crippen LogP) is 4.52. The van der Waals surface area contributed by atoms with Gasteiger partial charge in [0.25, 0.3) is 15.9 Å². The van der Waals surface area contributed by atoms with Gasteiger partial charge in [-0.25, -0.2) is 12.8 Å². The number of halogens is 1. The Morgan fingerprint density at radius 1 is 0.938 bits per heavy atom. The van der Waals surface area contributed by atoms with Gasteiger partial charge in [-0.15, -0.1) is 0 Å². The first-order valence-corrected chi connectivity index (χ1v) is 11.7. The summed E-state index contributed by atoms with van der Waals surface area (Å²) in [5.41, 5.74) is 1.37. The molecule has 3 aromatic carbocycles. The number of carbonyl (C=O) groups excluding carboxylic acids is 1. The Morgan fingerprint density at radius 3 is 2.31 bits per heavy atom. The molecule has 3 aromatic rings. The summed E-state index contributed by atoms with van der Waals surface area (Å²) in [6.07, 6.45) is 1.53. The highest BCUT2D eigenvalue weighted by atomic mass is 32.2. The topological polar surface area (TPSA) is 84.5 Å². The minimum Gasteiger partial charge on any atom is -0.494 e. The van der Waals surface area contributed by atoms with Crippen LogP contribution in [0.4, 0.5) is 10.1 Å². The van der Waals surface area contributed by atoms with Crippen LogP contribution < -0.4 is 14.8 Å². The molecule has 0 saturated heterocycles. The monoisotopic (exact) mass is 456 g/mol. The first kappa shape index (κ1) is 23.3.